The van der Waals surface area contributed by atoms with Crippen LogP contribution in [0.4, 0.5) is 0 Å². The van der Waals surface area contributed by atoms with Gasteiger partial charge in [0.05, 0.1) is 0 Å². The van der Waals surface area contributed by atoms with Gasteiger partial charge in [-0.05, 0) is 25.7 Å². The second-order valence-corrected chi connectivity index (χ2v) is 7.33. The Morgan fingerprint density at radius 3 is 1.88 bits per heavy atom. The van der Waals surface area contributed by atoms with Crippen molar-refractivity contribution in [1.29, 1.82) is 0 Å². The molecule has 3 fully saturated rings. The van der Waals surface area contributed by atoms with Crippen molar-refractivity contribution in [3.05, 3.63) is 0 Å². The number of fused-ring (bicyclic) bond motifs is 2. The zero-order valence-electron chi connectivity index (χ0n) is 10.7. The van der Waals surface area contributed by atoms with Crippen molar-refractivity contribution in [3.8, 4) is 0 Å². The molecule has 0 radical (unpaired) electrons. The van der Waals surface area contributed by atoms with Gasteiger partial charge in [-0.25, -0.2) is 0 Å². The van der Waals surface area contributed by atoms with Gasteiger partial charge in [-0.1, -0.05) is 25.7 Å². The van der Waals surface area contributed by atoms with Crippen LogP contribution >= 0.6 is 11.8 Å². The SMILES string of the molecule is CC(=O)N1[C@H]2CCCC[C@@H]2S[C@@H]2CCCC[C@@H]21. The maximum absolute atomic E-state index is 12.0. The molecule has 4 atom stereocenters. The molecule has 96 valence electrons. The second-order valence-electron chi connectivity index (χ2n) is 5.84. The van der Waals surface area contributed by atoms with Crippen LogP contribution in [-0.2, 0) is 4.79 Å². The number of thioether (sulfide) groups is 1. The number of rotatable bonds is 0. The molecule has 0 aromatic rings. The highest BCUT2D eigenvalue weighted by molar-refractivity contribution is 8.00. The number of amides is 1. The van der Waals surface area contributed by atoms with Crippen molar-refractivity contribution >= 4 is 17.7 Å². The van der Waals surface area contributed by atoms with E-state index in [2.05, 4.69) is 16.7 Å². The lowest BCUT2D eigenvalue weighted by atomic mass is 9.87. The average molecular weight is 253 g/mol. The van der Waals surface area contributed by atoms with Crippen molar-refractivity contribution in [2.45, 2.75) is 80.9 Å². The molecule has 3 aliphatic rings. The van der Waals surface area contributed by atoms with Gasteiger partial charge in [-0.3, -0.25) is 4.79 Å². The molecular weight excluding hydrogens is 230 g/mol. The summed E-state index contributed by atoms with van der Waals surface area (Å²) in [6.07, 6.45) is 10.6. The fraction of sp³-hybridized carbons (Fsp3) is 0.929. The lowest BCUT2D eigenvalue weighted by Gasteiger charge is -2.53. The van der Waals surface area contributed by atoms with Gasteiger partial charge in [-0.15, -0.1) is 0 Å². The molecule has 1 saturated heterocycles. The minimum absolute atomic E-state index is 0.332. The summed E-state index contributed by atoms with van der Waals surface area (Å²) in [6, 6.07) is 1.12. The topological polar surface area (TPSA) is 20.3 Å². The molecule has 0 bridgehead atoms. The molecule has 17 heavy (non-hydrogen) atoms. The van der Waals surface area contributed by atoms with Gasteiger partial charge in [0.1, 0.15) is 0 Å². The zero-order valence-corrected chi connectivity index (χ0v) is 11.5. The third kappa shape index (κ3) is 2.11. The van der Waals surface area contributed by atoms with Gasteiger partial charge in [0.15, 0.2) is 0 Å². The Kier molecular flexibility index (Phi) is 3.38. The van der Waals surface area contributed by atoms with Crippen LogP contribution in [-0.4, -0.2) is 33.4 Å². The summed E-state index contributed by atoms with van der Waals surface area (Å²) in [5.41, 5.74) is 0. The molecule has 3 heteroatoms. The van der Waals surface area contributed by atoms with Crippen molar-refractivity contribution in [3.63, 3.8) is 0 Å². The van der Waals surface area contributed by atoms with Crippen LogP contribution in [0.15, 0.2) is 0 Å². The minimum atomic E-state index is 0.332. The van der Waals surface area contributed by atoms with Crippen LogP contribution in [0.1, 0.15) is 58.3 Å². The zero-order chi connectivity index (χ0) is 11.8. The highest BCUT2D eigenvalue weighted by atomic mass is 32.2. The number of hydrogen-bond donors (Lipinski definition) is 0. The lowest BCUT2D eigenvalue weighted by molar-refractivity contribution is -0.135. The molecule has 1 heterocycles. The van der Waals surface area contributed by atoms with Gasteiger partial charge in [0.2, 0.25) is 5.91 Å². The molecule has 2 saturated carbocycles. The molecule has 2 nitrogen and oxygen atoms in total. The summed E-state index contributed by atoms with van der Waals surface area (Å²) in [5.74, 6) is 0.332. The van der Waals surface area contributed by atoms with Gasteiger partial charge in [0, 0.05) is 29.5 Å². The maximum atomic E-state index is 12.0. The summed E-state index contributed by atoms with van der Waals surface area (Å²) in [5, 5.41) is 1.49. The van der Waals surface area contributed by atoms with E-state index in [1.54, 1.807) is 6.92 Å². The first-order chi connectivity index (χ1) is 8.27. The van der Waals surface area contributed by atoms with Crippen molar-refractivity contribution in [2.24, 2.45) is 0 Å². The van der Waals surface area contributed by atoms with E-state index >= 15 is 0 Å². The van der Waals surface area contributed by atoms with Crippen LogP contribution < -0.4 is 0 Å². The molecule has 2 aliphatic carbocycles. The Hall–Kier alpha value is -0.180. The Balaban J connectivity index is 1.85. The summed E-state index contributed by atoms with van der Waals surface area (Å²) in [7, 11) is 0. The van der Waals surface area contributed by atoms with E-state index in [4.69, 9.17) is 0 Å². The number of hydrogen-bond acceptors (Lipinski definition) is 2. The molecule has 0 N–H and O–H groups in total. The predicted octanol–water partition coefficient (Wildman–Crippen LogP) is 3.20. The fourth-order valence-electron chi connectivity index (χ4n) is 4.05. The smallest absolute Gasteiger partial charge is 0.220 e. The Labute approximate surface area is 109 Å². The maximum Gasteiger partial charge on any atom is 0.220 e. The normalized spacial score (nSPS) is 41.6. The van der Waals surface area contributed by atoms with E-state index in [1.165, 1.54) is 51.4 Å². The molecule has 0 aromatic heterocycles. The van der Waals surface area contributed by atoms with E-state index in [0.717, 1.165) is 10.5 Å². The van der Waals surface area contributed by atoms with E-state index < -0.39 is 0 Å². The molecule has 1 amide bonds. The molecule has 3 rings (SSSR count). The van der Waals surface area contributed by atoms with Crippen LogP contribution in [0, 0.1) is 0 Å². The third-order valence-electron chi connectivity index (χ3n) is 4.76. The quantitative estimate of drug-likeness (QED) is 0.661. The summed E-state index contributed by atoms with van der Waals surface area (Å²) in [4.78, 5) is 14.3. The number of carbonyl (C=O) groups excluding carboxylic acids is 1. The standard InChI is InChI=1S/C14H23NOS/c1-10(16)15-11-6-2-4-8-13(11)17-14-9-5-3-7-12(14)15/h11-14H,2-9H2,1H3/t11-,12-,13-,14+/m0/s1. The highest BCUT2D eigenvalue weighted by Crippen LogP contribution is 2.46. The molecule has 0 aromatic carbocycles. The molecule has 0 spiro atoms. The Bertz CT molecular complexity index is 285. The first kappa shape index (κ1) is 11.9. The largest absolute Gasteiger partial charge is 0.335 e. The van der Waals surface area contributed by atoms with Gasteiger partial charge in [0.25, 0.3) is 0 Å². The van der Waals surface area contributed by atoms with Crippen molar-refractivity contribution in [1.82, 2.24) is 4.90 Å². The van der Waals surface area contributed by atoms with Crippen molar-refractivity contribution in [2.75, 3.05) is 0 Å². The minimum Gasteiger partial charge on any atom is -0.335 e. The summed E-state index contributed by atoms with van der Waals surface area (Å²) >= 11 is 2.23. The van der Waals surface area contributed by atoms with E-state index in [0.29, 0.717) is 18.0 Å². The lowest BCUT2D eigenvalue weighted by Crippen LogP contribution is -2.60. The first-order valence-corrected chi connectivity index (χ1v) is 8.16. The van der Waals surface area contributed by atoms with Gasteiger partial charge < -0.3 is 4.90 Å². The number of nitrogens with zero attached hydrogens (tertiary/aromatic N) is 1. The van der Waals surface area contributed by atoms with Crippen molar-refractivity contribution < 1.29 is 4.79 Å². The molecule has 0 unspecified atom stereocenters. The van der Waals surface area contributed by atoms with E-state index in [1.807, 2.05) is 0 Å². The first-order valence-electron chi connectivity index (χ1n) is 7.22. The van der Waals surface area contributed by atoms with Crippen LogP contribution in [0.25, 0.3) is 0 Å². The van der Waals surface area contributed by atoms with Crippen LogP contribution in [0.5, 0.6) is 0 Å². The fourth-order valence-corrected chi connectivity index (χ4v) is 6.00. The molecule has 1 aliphatic heterocycles. The predicted molar refractivity (Wildman–Crippen MR) is 72.2 cm³/mol. The Morgan fingerprint density at radius 2 is 1.41 bits per heavy atom. The third-order valence-corrected chi connectivity index (χ3v) is 6.56. The van der Waals surface area contributed by atoms with Gasteiger partial charge in [-0.2, -0.15) is 11.8 Å². The number of carbonyl (C=O) groups is 1. The summed E-state index contributed by atoms with van der Waals surface area (Å²) in [6.45, 7) is 1.79. The second kappa shape index (κ2) is 4.83. The van der Waals surface area contributed by atoms with Gasteiger partial charge >= 0.3 is 0 Å². The highest BCUT2D eigenvalue weighted by Gasteiger charge is 2.45. The van der Waals surface area contributed by atoms with Crippen LogP contribution in [0.2, 0.25) is 0 Å². The van der Waals surface area contributed by atoms with Crippen LogP contribution in [0.3, 0.4) is 0 Å². The van der Waals surface area contributed by atoms with E-state index in [-0.39, 0.29) is 0 Å². The summed E-state index contributed by atoms with van der Waals surface area (Å²) < 4.78 is 0. The average Bonchev–Trinajstić information content (AvgIpc) is 2.35. The monoisotopic (exact) mass is 253 g/mol. The Morgan fingerprint density at radius 1 is 0.941 bits per heavy atom. The van der Waals surface area contributed by atoms with E-state index in [9.17, 15) is 4.79 Å². The molecular formula is C14H23NOS.